The molecular weight excluding hydrogens is 364 g/mol. The molecule has 1 aromatic heterocycles. The van der Waals surface area contributed by atoms with Gasteiger partial charge < -0.3 is 19.4 Å². The minimum Gasteiger partial charge on any atom is -0.495 e. The van der Waals surface area contributed by atoms with Crippen LogP contribution in [0.5, 0.6) is 11.5 Å². The standard InChI is InChI=1S/C16H21ClN4O3S/c1-5-14-19-20-16(21(14)6-2)25-9-15(22)18-11-8-12(23-3)10(17)7-13(11)24-4/h7-8H,5-6,9H2,1-4H3,(H,18,22). The van der Waals surface area contributed by atoms with E-state index in [0.29, 0.717) is 22.2 Å². The second kappa shape index (κ2) is 8.96. The van der Waals surface area contributed by atoms with Gasteiger partial charge >= 0.3 is 0 Å². The Morgan fingerprint density at radius 1 is 1.24 bits per heavy atom. The highest BCUT2D eigenvalue weighted by Gasteiger charge is 2.15. The summed E-state index contributed by atoms with van der Waals surface area (Å²) in [6.45, 7) is 4.82. The summed E-state index contributed by atoms with van der Waals surface area (Å²) in [7, 11) is 3.02. The number of hydrogen-bond donors (Lipinski definition) is 1. The van der Waals surface area contributed by atoms with Crippen LogP contribution in [0.1, 0.15) is 19.7 Å². The van der Waals surface area contributed by atoms with Crippen molar-refractivity contribution in [2.24, 2.45) is 0 Å². The number of aryl methyl sites for hydroxylation is 1. The Balaban J connectivity index is 2.07. The zero-order valence-corrected chi connectivity index (χ0v) is 16.2. The molecule has 0 atom stereocenters. The van der Waals surface area contributed by atoms with E-state index < -0.39 is 0 Å². The first kappa shape index (κ1) is 19.4. The Kier molecular flexibility index (Phi) is 6.95. The molecule has 0 aliphatic rings. The maximum Gasteiger partial charge on any atom is 0.234 e. The molecule has 0 spiro atoms. The monoisotopic (exact) mass is 384 g/mol. The van der Waals surface area contributed by atoms with Gasteiger partial charge in [0.15, 0.2) is 5.16 Å². The summed E-state index contributed by atoms with van der Waals surface area (Å²) >= 11 is 7.41. The molecule has 9 heteroatoms. The van der Waals surface area contributed by atoms with Gasteiger partial charge in [-0.3, -0.25) is 4.79 Å². The number of carbonyl (C=O) groups excluding carboxylic acids is 1. The van der Waals surface area contributed by atoms with E-state index in [2.05, 4.69) is 15.5 Å². The molecule has 0 bridgehead atoms. The van der Waals surface area contributed by atoms with E-state index in [9.17, 15) is 4.79 Å². The predicted octanol–water partition coefficient (Wildman–Crippen LogP) is 3.26. The number of rotatable bonds is 8. The van der Waals surface area contributed by atoms with Crippen molar-refractivity contribution in [3.63, 3.8) is 0 Å². The van der Waals surface area contributed by atoms with E-state index in [1.54, 1.807) is 12.1 Å². The van der Waals surface area contributed by atoms with Crippen LogP contribution < -0.4 is 14.8 Å². The normalized spacial score (nSPS) is 10.6. The lowest BCUT2D eigenvalue weighted by atomic mass is 10.2. The summed E-state index contributed by atoms with van der Waals surface area (Å²) in [6, 6.07) is 3.23. The molecule has 25 heavy (non-hydrogen) atoms. The van der Waals surface area contributed by atoms with Crippen molar-refractivity contribution in [2.75, 3.05) is 25.3 Å². The van der Waals surface area contributed by atoms with E-state index in [1.165, 1.54) is 26.0 Å². The number of ether oxygens (including phenoxy) is 2. The summed E-state index contributed by atoms with van der Waals surface area (Å²) in [5.74, 6) is 1.86. The summed E-state index contributed by atoms with van der Waals surface area (Å²) < 4.78 is 12.4. The number of nitrogens with zero attached hydrogens (tertiary/aromatic N) is 3. The number of hydrogen-bond acceptors (Lipinski definition) is 6. The average Bonchev–Trinajstić information content (AvgIpc) is 3.02. The number of amides is 1. The first-order chi connectivity index (χ1) is 12.0. The highest BCUT2D eigenvalue weighted by atomic mass is 35.5. The Hall–Kier alpha value is -1.93. The number of nitrogens with one attached hydrogen (secondary N) is 1. The third kappa shape index (κ3) is 4.58. The molecule has 7 nitrogen and oxygen atoms in total. The van der Waals surface area contributed by atoms with Gasteiger partial charge in [-0.15, -0.1) is 10.2 Å². The molecule has 2 aromatic rings. The number of methoxy groups -OCH3 is 2. The highest BCUT2D eigenvalue weighted by Crippen LogP contribution is 2.36. The van der Waals surface area contributed by atoms with E-state index in [0.717, 1.165) is 23.9 Å². The molecule has 0 radical (unpaired) electrons. The summed E-state index contributed by atoms with van der Waals surface area (Å²) in [6.07, 6.45) is 0.801. The van der Waals surface area contributed by atoms with Gasteiger partial charge in [-0.25, -0.2) is 0 Å². The first-order valence-electron chi connectivity index (χ1n) is 7.80. The lowest BCUT2D eigenvalue weighted by Crippen LogP contribution is -2.15. The molecule has 2 rings (SSSR count). The molecule has 0 saturated heterocycles. The van der Waals surface area contributed by atoms with Crippen LogP contribution in [-0.4, -0.2) is 40.6 Å². The van der Waals surface area contributed by atoms with Gasteiger partial charge in [-0.2, -0.15) is 0 Å². The van der Waals surface area contributed by atoms with Crippen LogP contribution in [0.2, 0.25) is 5.02 Å². The third-order valence-electron chi connectivity index (χ3n) is 3.51. The molecule has 136 valence electrons. The van der Waals surface area contributed by atoms with Crippen LogP contribution in [0.4, 0.5) is 5.69 Å². The van der Waals surface area contributed by atoms with Gasteiger partial charge in [0, 0.05) is 25.1 Å². The summed E-state index contributed by atoms with van der Waals surface area (Å²) in [5, 5.41) is 12.2. The second-order valence-corrected chi connectivity index (χ2v) is 6.37. The lowest BCUT2D eigenvalue weighted by Gasteiger charge is -2.13. The van der Waals surface area contributed by atoms with E-state index in [4.69, 9.17) is 21.1 Å². The maximum absolute atomic E-state index is 12.3. The Bertz CT molecular complexity index is 751. The Labute approximate surface area is 156 Å². The van der Waals surface area contributed by atoms with Crippen molar-refractivity contribution in [1.82, 2.24) is 14.8 Å². The topological polar surface area (TPSA) is 78.3 Å². The molecule has 0 aliphatic carbocycles. The number of thioether (sulfide) groups is 1. The largest absolute Gasteiger partial charge is 0.495 e. The first-order valence-corrected chi connectivity index (χ1v) is 9.16. The zero-order valence-electron chi connectivity index (χ0n) is 14.6. The number of halogens is 1. The number of aromatic nitrogens is 3. The minimum atomic E-state index is -0.184. The van der Waals surface area contributed by atoms with Gasteiger partial charge in [0.1, 0.15) is 17.3 Å². The van der Waals surface area contributed by atoms with Crippen LogP contribution in [0, 0.1) is 0 Å². The molecule has 1 aromatic carbocycles. The maximum atomic E-state index is 12.3. The highest BCUT2D eigenvalue weighted by molar-refractivity contribution is 7.99. The van der Waals surface area contributed by atoms with E-state index >= 15 is 0 Å². The fourth-order valence-electron chi connectivity index (χ4n) is 2.28. The molecular formula is C16H21ClN4O3S. The molecule has 1 heterocycles. The molecule has 0 fully saturated rings. The van der Waals surface area contributed by atoms with Crippen molar-refractivity contribution in [1.29, 1.82) is 0 Å². The average molecular weight is 385 g/mol. The predicted molar refractivity (Wildman–Crippen MR) is 99.0 cm³/mol. The fraction of sp³-hybridized carbons (Fsp3) is 0.438. The van der Waals surface area contributed by atoms with Crippen molar-refractivity contribution < 1.29 is 14.3 Å². The number of benzene rings is 1. The van der Waals surface area contributed by atoms with E-state index in [-0.39, 0.29) is 11.7 Å². The molecule has 0 unspecified atom stereocenters. The third-order valence-corrected chi connectivity index (χ3v) is 4.77. The van der Waals surface area contributed by atoms with Crippen molar-refractivity contribution in [2.45, 2.75) is 32.0 Å². The quantitative estimate of drug-likeness (QED) is 0.704. The molecule has 1 amide bonds. The molecule has 1 N–H and O–H groups in total. The van der Waals surface area contributed by atoms with Crippen molar-refractivity contribution in [3.8, 4) is 11.5 Å². The smallest absolute Gasteiger partial charge is 0.234 e. The summed E-state index contributed by atoms with van der Waals surface area (Å²) in [4.78, 5) is 12.3. The lowest BCUT2D eigenvalue weighted by molar-refractivity contribution is -0.113. The van der Waals surface area contributed by atoms with Crippen molar-refractivity contribution in [3.05, 3.63) is 23.0 Å². The molecule has 0 aliphatic heterocycles. The zero-order chi connectivity index (χ0) is 18.4. The van der Waals surface area contributed by atoms with Crippen LogP contribution in [-0.2, 0) is 17.8 Å². The summed E-state index contributed by atoms with van der Waals surface area (Å²) in [5.41, 5.74) is 0.501. The van der Waals surface area contributed by atoms with Crippen molar-refractivity contribution >= 4 is 35.0 Å². The van der Waals surface area contributed by atoms with E-state index in [1.807, 2.05) is 18.4 Å². The van der Waals surface area contributed by atoms with Crippen LogP contribution in [0.25, 0.3) is 0 Å². The van der Waals surface area contributed by atoms with Gasteiger partial charge in [0.2, 0.25) is 5.91 Å². The minimum absolute atomic E-state index is 0.184. The van der Waals surface area contributed by atoms with Gasteiger partial charge in [0.05, 0.1) is 30.7 Å². The van der Waals surface area contributed by atoms with Crippen LogP contribution in [0.3, 0.4) is 0 Å². The van der Waals surface area contributed by atoms with Crippen LogP contribution >= 0.6 is 23.4 Å². The fourth-order valence-corrected chi connectivity index (χ4v) is 3.33. The SMILES string of the molecule is CCc1nnc(SCC(=O)Nc2cc(OC)c(Cl)cc2OC)n1CC. The van der Waals surface area contributed by atoms with Crippen LogP contribution in [0.15, 0.2) is 17.3 Å². The Morgan fingerprint density at radius 3 is 2.56 bits per heavy atom. The second-order valence-electron chi connectivity index (χ2n) is 5.02. The van der Waals surface area contributed by atoms with Gasteiger partial charge in [-0.1, -0.05) is 30.3 Å². The number of carbonyl (C=O) groups is 1. The molecule has 0 saturated carbocycles. The van der Waals surface area contributed by atoms with Gasteiger partial charge in [-0.05, 0) is 6.92 Å². The number of anilines is 1. The Morgan fingerprint density at radius 2 is 1.96 bits per heavy atom. The van der Waals surface area contributed by atoms with Gasteiger partial charge in [0.25, 0.3) is 0 Å².